The summed E-state index contributed by atoms with van der Waals surface area (Å²) in [5.74, 6) is -2.78. The average Bonchev–Trinajstić information content (AvgIpc) is 2.30. The van der Waals surface area contributed by atoms with E-state index in [-0.39, 0.29) is 13.1 Å². The zero-order valence-corrected chi connectivity index (χ0v) is 6.98. The van der Waals surface area contributed by atoms with Crippen LogP contribution in [0, 0.1) is 11.3 Å². The molecule has 0 unspecified atom stereocenters. The highest BCUT2D eigenvalue weighted by Gasteiger charge is 2.60. The third kappa shape index (κ3) is 1.50. The van der Waals surface area contributed by atoms with Crippen molar-refractivity contribution in [3.63, 3.8) is 0 Å². The fourth-order valence-corrected chi connectivity index (χ4v) is 1.48. The van der Waals surface area contributed by atoms with E-state index in [1.165, 1.54) is 0 Å². The van der Waals surface area contributed by atoms with Crippen LogP contribution in [0.25, 0.3) is 0 Å². The molecule has 2 N–H and O–H groups in total. The monoisotopic (exact) mass is 197 g/mol. The SMILES string of the molecule is C[C@@]1(C(F)(F)F)CNC[C@H]1C(=O)O. The fraction of sp³-hybridized carbons (Fsp3) is 0.857. The molecule has 1 fully saturated rings. The van der Waals surface area contributed by atoms with Gasteiger partial charge in [-0.25, -0.2) is 0 Å². The number of hydrogen-bond donors (Lipinski definition) is 2. The zero-order valence-electron chi connectivity index (χ0n) is 6.98. The number of aliphatic carboxylic acids is 1. The summed E-state index contributed by atoms with van der Waals surface area (Å²) in [4.78, 5) is 10.5. The van der Waals surface area contributed by atoms with Crippen LogP contribution in [0.5, 0.6) is 0 Å². The molecule has 0 amide bonds. The molecular weight excluding hydrogens is 187 g/mol. The summed E-state index contributed by atoms with van der Waals surface area (Å²) < 4.78 is 37.4. The lowest BCUT2D eigenvalue weighted by atomic mass is 9.79. The molecule has 1 aliphatic heterocycles. The Morgan fingerprint density at radius 2 is 2.15 bits per heavy atom. The van der Waals surface area contributed by atoms with Crippen LogP contribution in [0.15, 0.2) is 0 Å². The molecule has 76 valence electrons. The molecule has 1 heterocycles. The van der Waals surface area contributed by atoms with Crippen molar-refractivity contribution >= 4 is 5.97 Å². The normalized spacial score (nSPS) is 34.9. The molecule has 3 nitrogen and oxygen atoms in total. The predicted molar refractivity (Wildman–Crippen MR) is 38.2 cm³/mol. The summed E-state index contributed by atoms with van der Waals surface area (Å²) in [5, 5.41) is 11.0. The molecule has 0 spiro atoms. The van der Waals surface area contributed by atoms with Crippen molar-refractivity contribution in [1.29, 1.82) is 0 Å². The Bertz CT molecular complexity index is 228. The first-order valence-electron chi connectivity index (χ1n) is 3.79. The quantitative estimate of drug-likeness (QED) is 0.655. The minimum absolute atomic E-state index is 0.120. The van der Waals surface area contributed by atoms with Gasteiger partial charge in [0.1, 0.15) is 0 Å². The summed E-state index contributed by atoms with van der Waals surface area (Å²) in [6, 6.07) is 0. The van der Waals surface area contributed by atoms with Crippen molar-refractivity contribution in [3.05, 3.63) is 0 Å². The Morgan fingerprint density at radius 1 is 1.62 bits per heavy atom. The third-order valence-electron chi connectivity index (χ3n) is 2.56. The van der Waals surface area contributed by atoms with Gasteiger partial charge in [0.05, 0.1) is 11.3 Å². The number of carboxylic acids is 1. The number of hydrogen-bond acceptors (Lipinski definition) is 2. The topological polar surface area (TPSA) is 49.3 Å². The zero-order chi connectivity index (χ0) is 10.3. The van der Waals surface area contributed by atoms with E-state index in [0.717, 1.165) is 6.92 Å². The van der Waals surface area contributed by atoms with Gasteiger partial charge in [-0.05, 0) is 6.92 Å². The summed E-state index contributed by atoms with van der Waals surface area (Å²) in [5.41, 5.74) is -2.14. The van der Waals surface area contributed by atoms with E-state index in [9.17, 15) is 18.0 Å². The maximum atomic E-state index is 12.5. The first-order valence-corrected chi connectivity index (χ1v) is 3.79. The summed E-state index contributed by atoms with van der Waals surface area (Å²) in [7, 11) is 0. The molecule has 1 aliphatic rings. The van der Waals surface area contributed by atoms with Crippen LogP contribution in [0.3, 0.4) is 0 Å². The predicted octanol–water partition coefficient (Wildman–Crippen LogP) is 0.859. The van der Waals surface area contributed by atoms with Crippen molar-refractivity contribution in [3.8, 4) is 0 Å². The molecule has 1 rings (SSSR count). The molecule has 0 bridgehead atoms. The molecule has 0 aromatic carbocycles. The molecule has 2 atom stereocenters. The third-order valence-corrected chi connectivity index (χ3v) is 2.56. The number of rotatable bonds is 1. The van der Waals surface area contributed by atoms with Gasteiger partial charge in [0, 0.05) is 13.1 Å². The first-order chi connectivity index (χ1) is 5.79. The van der Waals surface area contributed by atoms with E-state index in [2.05, 4.69) is 5.32 Å². The van der Waals surface area contributed by atoms with Crippen LogP contribution in [0.1, 0.15) is 6.92 Å². The van der Waals surface area contributed by atoms with Crippen molar-refractivity contribution in [1.82, 2.24) is 5.32 Å². The number of nitrogens with one attached hydrogen (secondary N) is 1. The molecule has 0 aliphatic carbocycles. The van der Waals surface area contributed by atoms with Crippen molar-refractivity contribution in [2.24, 2.45) is 11.3 Å². The average molecular weight is 197 g/mol. The second-order valence-corrected chi connectivity index (χ2v) is 3.44. The van der Waals surface area contributed by atoms with Gasteiger partial charge in [-0.1, -0.05) is 0 Å². The highest BCUT2D eigenvalue weighted by atomic mass is 19.4. The highest BCUT2D eigenvalue weighted by molar-refractivity contribution is 5.72. The van der Waals surface area contributed by atoms with Crippen molar-refractivity contribution < 1.29 is 23.1 Å². The lowest BCUT2D eigenvalue weighted by Gasteiger charge is -2.30. The van der Waals surface area contributed by atoms with Crippen LogP contribution in [-0.2, 0) is 4.79 Å². The van der Waals surface area contributed by atoms with E-state index in [1.807, 2.05) is 0 Å². The summed E-state index contributed by atoms with van der Waals surface area (Å²) >= 11 is 0. The van der Waals surface area contributed by atoms with E-state index >= 15 is 0 Å². The Labute approximate surface area is 72.9 Å². The first kappa shape index (κ1) is 10.3. The number of carbonyl (C=O) groups is 1. The van der Waals surface area contributed by atoms with Crippen LogP contribution >= 0.6 is 0 Å². The number of carboxylic acid groups (broad SMARTS) is 1. The van der Waals surface area contributed by atoms with E-state index in [4.69, 9.17) is 5.11 Å². The Balaban J connectivity index is 2.95. The number of halogens is 3. The summed E-state index contributed by atoms with van der Waals surface area (Å²) in [6.07, 6.45) is -4.47. The maximum absolute atomic E-state index is 12.5. The van der Waals surface area contributed by atoms with Gasteiger partial charge in [-0.15, -0.1) is 0 Å². The van der Waals surface area contributed by atoms with Gasteiger partial charge in [-0.3, -0.25) is 4.79 Å². The van der Waals surface area contributed by atoms with Gasteiger partial charge in [0.2, 0.25) is 0 Å². The van der Waals surface area contributed by atoms with Gasteiger partial charge in [-0.2, -0.15) is 13.2 Å². The smallest absolute Gasteiger partial charge is 0.396 e. The standard InChI is InChI=1S/C7H10F3NO2/c1-6(7(8,9)10)3-11-2-4(6)5(12)13/h4,11H,2-3H2,1H3,(H,12,13)/t4-,6+/m0/s1. The Morgan fingerprint density at radius 3 is 2.46 bits per heavy atom. The molecule has 0 aromatic rings. The van der Waals surface area contributed by atoms with Gasteiger partial charge in [0.15, 0.2) is 0 Å². The molecule has 13 heavy (non-hydrogen) atoms. The molecule has 6 heteroatoms. The van der Waals surface area contributed by atoms with E-state index in [0.29, 0.717) is 0 Å². The minimum atomic E-state index is -4.47. The fourth-order valence-electron chi connectivity index (χ4n) is 1.48. The lowest BCUT2D eigenvalue weighted by Crippen LogP contribution is -2.44. The minimum Gasteiger partial charge on any atom is -0.481 e. The largest absolute Gasteiger partial charge is 0.481 e. The summed E-state index contributed by atoms with van der Waals surface area (Å²) in [6.45, 7) is 0.491. The second kappa shape index (κ2) is 2.87. The Kier molecular flexibility index (Phi) is 2.27. The highest BCUT2D eigenvalue weighted by Crippen LogP contribution is 2.45. The Hall–Kier alpha value is -0.780. The lowest BCUT2D eigenvalue weighted by molar-refractivity contribution is -0.227. The van der Waals surface area contributed by atoms with Crippen molar-refractivity contribution in [2.75, 3.05) is 13.1 Å². The molecule has 0 aromatic heterocycles. The van der Waals surface area contributed by atoms with Crippen LogP contribution in [0.4, 0.5) is 13.2 Å². The molecule has 0 radical (unpaired) electrons. The maximum Gasteiger partial charge on any atom is 0.396 e. The van der Waals surface area contributed by atoms with Crippen molar-refractivity contribution in [2.45, 2.75) is 13.1 Å². The molecular formula is C7H10F3NO2. The van der Waals surface area contributed by atoms with E-state index < -0.39 is 23.5 Å². The second-order valence-electron chi connectivity index (χ2n) is 3.44. The van der Waals surface area contributed by atoms with Crippen LogP contribution < -0.4 is 5.32 Å². The number of alkyl halides is 3. The van der Waals surface area contributed by atoms with Gasteiger partial charge in [0.25, 0.3) is 0 Å². The van der Waals surface area contributed by atoms with Crippen LogP contribution in [0.2, 0.25) is 0 Å². The molecule has 1 saturated heterocycles. The van der Waals surface area contributed by atoms with Gasteiger partial charge < -0.3 is 10.4 Å². The van der Waals surface area contributed by atoms with Gasteiger partial charge >= 0.3 is 12.1 Å². The van der Waals surface area contributed by atoms with E-state index in [1.54, 1.807) is 0 Å². The van der Waals surface area contributed by atoms with Crippen LogP contribution in [-0.4, -0.2) is 30.3 Å². The molecule has 0 saturated carbocycles.